The Morgan fingerprint density at radius 1 is 1.65 bits per heavy atom. The van der Waals surface area contributed by atoms with Crippen molar-refractivity contribution in [3.8, 4) is 0 Å². The van der Waals surface area contributed by atoms with Gasteiger partial charge in [0.25, 0.3) is 5.91 Å². The fraction of sp³-hybridized carbons (Fsp3) is 0.444. The first-order chi connectivity index (χ1) is 8.16. The predicted octanol–water partition coefficient (Wildman–Crippen LogP) is -2.04. The van der Waals surface area contributed by atoms with Crippen LogP contribution in [0.5, 0.6) is 0 Å². The third-order valence-electron chi connectivity index (χ3n) is 2.43. The second-order valence-corrected chi connectivity index (χ2v) is 3.69. The van der Waals surface area contributed by atoms with Crippen LogP contribution in [0.15, 0.2) is 6.33 Å². The molecule has 1 aromatic heterocycles. The Hall–Kier alpha value is -1.93. The molecular formula is C9H13N5O3. The maximum atomic E-state index is 11.6. The van der Waals surface area contributed by atoms with Gasteiger partial charge in [-0.15, -0.1) is 0 Å². The van der Waals surface area contributed by atoms with E-state index < -0.39 is 11.9 Å². The van der Waals surface area contributed by atoms with Crippen LogP contribution in [0.3, 0.4) is 0 Å². The van der Waals surface area contributed by atoms with Gasteiger partial charge in [0.1, 0.15) is 0 Å². The van der Waals surface area contributed by atoms with Gasteiger partial charge in [0.2, 0.25) is 5.91 Å². The van der Waals surface area contributed by atoms with Gasteiger partial charge in [-0.25, -0.2) is 10.5 Å². The van der Waals surface area contributed by atoms with Crippen molar-refractivity contribution in [3.63, 3.8) is 0 Å². The topological polar surface area (TPSA) is 122 Å². The largest absolute Gasteiger partial charge is 0.368 e. The van der Waals surface area contributed by atoms with Crippen molar-refractivity contribution < 1.29 is 14.4 Å². The molecule has 0 fully saturated rings. The molecule has 0 saturated carbocycles. The van der Waals surface area contributed by atoms with Crippen LogP contribution in [0.4, 0.5) is 0 Å². The number of primary amides is 1. The van der Waals surface area contributed by atoms with Crippen LogP contribution >= 0.6 is 0 Å². The zero-order valence-electron chi connectivity index (χ0n) is 9.03. The molecule has 0 spiro atoms. The van der Waals surface area contributed by atoms with Crippen molar-refractivity contribution in [2.75, 3.05) is 6.61 Å². The van der Waals surface area contributed by atoms with E-state index in [1.807, 2.05) is 0 Å². The minimum Gasteiger partial charge on any atom is -0.368 e. The molecule has 2 rings (SSSR count). The highest BCUT2D eigenvalue weighted by molar-refractivity contribution is 5.81. The van der Waals surface area contributed by atoms with Crippen LogP contribution in [0.1, 0.15) is 11.4 Å². The van der Waals surface area contributed by atoms with Gasteiger partial charge >= 0.3 is 0 Å². The van der Waals surface area contributed by atoms with Crippen LogP contribution in [-0.2, 0) is 27.4 Å². The van der Waals surface area contributed by atoms with E-state index in [1.54, 1.807) is 6.33 Å². The molecule has 17 heavy (non-hydrogen) atoms. The minimum absolute atomic E-state index is 0.341. The molecule has 1 atom stereocenters. The maximum Gasteiger partial charge on any atom is 0.261 e. The number of rotatable bonds is 4. The summed E-state index contributed by atoms with van der Waals surface area (Å²) in [5, 5.41) is 3.02. The number of carbonyl (C=O) groups is 2. The zero-order chi connectivity index (χ0) is 12.3. The Morgan fingerprint density at radius 3 is 3.24 bits per heavy atom. The fourth-order valence-corrected chi connectivity index (χ4v) is 1.60. The fourth-order valence-electron chi connectivity index (χ4n) is 1.60. The lowest BCUT2D eigenvalue weighted by atomic mass is 10.1. The molecule has 0 aliphatic carbocycles. The number of nitrogens with one attached hydrogen (secondary N) is 3. The van der Waals surface area contributed by atoms with Crippen molar-refractivity contribution >= 4 is 11.8 Å². The maximum absolute atomic E-state index is 11.6. The summed E-state index contributed by atoms with van der Waals surface area (Å²) in [4.78, 5) is 33.7. The molecule has 1 aromatic rings. The smallest absolute Gasteiger partial charge is 0.261 e. The SMILES string of the molecule is NC(=O)CONC(=O)C1Cc2nc[nH]c2CN1. The molecule has 0 bridgehead atoms. The lowest BCUT2D eigenvalue weighted by Gasteiger charge is -2.21. The number of H-pyrrole nitrogens is 1. The molecule has 2 heterocycles. The Labute approximate surface area is 96.9 Å². The predicted molar refractivity (Wildman–Crippen MR) is 56.2 cm³/mol. The summed E-state index contributed by atoms with van der Waals surface area (Å²) in [6.07, 6.45) is 2.07. The summed E-state index contributed by atoms with van der Waals surface area (Å²) >= 11 is 0. The average molecular weight is 239 g/mol. The first-order valence-electron chi connectivity index (χ1n) is 5.11. The highest BCUT2D eigenvalue weighted by Gasteiger charge is 2.25. The first-order valence-corrected chi connectivity index (χ1v) is 5.11. The van der Waals surface area contributed by atoms with E-state index >= 15 is 0 Å². The molecule has 0 radical (unpaired) electrons. The van der Waals surface area contributed by atoms with Gasteiger partial charge in [-0.1, -0.05) is 0 Å². The number of carbonyl (C=O) groups excluding carboxylic acids is 2. The molecular weight excluding hydrogens is 226 g/mol. The number of aromatic nitrogens is 2. The average Bonchev–Trinajstić information content (AvgIpc) is 2.75. The quantitative estimate of drug-likeness (QED) is 0.451. The van der Waals surface area contributed by atoms with Gasteiger partial charge in [0.05, 0.1) is 23.8 Å². The van der Waals surface area contributed by atoms with E-state index in [9.17, 15) is 9.59 Å². The lowest BCUT2D eigenvalue weighted by molar-refractivity contribution is -0.139. The Bertz CT molecular complexity index is 430. The third-order valence-corrected chi connectivity index (χ3v) is 2.43. The van der Waals surface area contributed by atoms with E-state index in [0.717, 1.165) is 11.4 Å². The third kappa shape index (κ3) is 2.80. The number of amides is 2. The molecule has 8 nitrogen and oxygen atoms in total. The van der Waals surface area contributed by atoms with Crippen LogP contribution in [0.2, 0.25) is 0 Å². The van der Waals surface area contributed by atoms with Crippen LogP contribution in [0, 0.1) is 0 Å². The van der Waals surface area contributed by atoms with Crippen LogP contribution in [-0.4, -0.2) is 34.4 Å². The van der Waals surface area contributed by atoms with Crippen LogP contribution in [0.25, 0.3) is 0 Å². The van der Waals surface area contributed by atoms with Crippen molar-refractivity contribution in [2.45, 2.75) is 19.0 Å². The first kappa shape index (κ1) is 11.6. The summed E-state index contributed by atoms with van der Waals surface area (Å²) in [5.41, 5.74) is 8.87. The molecule has 1 aliphatic rings. The molecule has 0 aromatic carbocycles. The lowest BCUT2D eigenvalue weighted by Crippen LogP contribution is -2.48. The molecule has 1 unspecified atom stereocenters. The second kappa shape index (κ2) is 4.93. The van der Waals surface area contributed by atoms with Gasteiger partial charge in [0.15, 0.2) is 6.61 Å². The normalized spacial score (nSPS) is 18.5. The van der Waals surface area contributed by atoms with E-state index in [2.05, 4.69) is 25.6 Å². The minimum atomic E-state index is -0.642. The second-order valence-electron chi connectivity index (χ2n) is 3.69. The van der Waals surface area contributed by atoms with Crippen LogP contribution < -0.4 is 16.5 Å². The van der Waals surface area contributed by atoms with E-state index in [0.29, 0.717) is 13.0 Å². The molecule has 92 valence electrons. The summed E-state index contributed by atoms with van der Waals surface area (Å²) in [7, 11) is 0. The Kier molecular flexibility index (Phi) is 3.35. The highest BCUT2D eigenvalue weighted by atomic mass is 16.7. The standard InChI is InChI=1S/C9H13N5O3/c10-8(15)3-17-14-9(16)6-1-5-7(2-11-6)13-4-12-5/h4,6,11H,1-3H2,(H2,10,15)(H,12,13)(H,14,16). The molecule has 8 heteroatoms. The van der Waals surface area contributed by atoms with E-state index in [-0.39, 0.29) is 12.5 Å². The monoisotopic (exact) mass is 239 g/mol. The van der Waals surface area contributed by atoms with Crippen molar-refractivity contribution in [1.29, 1.82) is 0 Å². The van der Waals surface area contributed by atoms with E-state index in [1.165, 1.54) is 0 Å². The number of aromatic amines is 1. The van der Waals surface area contributed by atoms with E-state index in [4.69, 9.17) is 5.73 Å². The molecule has 1 aliphatic heterocycles. The number of hydrogen-bond acceptors (Lipinski definition) is 5. The molecule has 5 N–H and O–H groups in total. The van der Waals surface area contributed by atoms with Gasteiger partial charge in [-0.2, -0.15) is 0 Å². The number of nitrogens with zero attached hydrogens (tertiary/aromatic N) is 1. The van der Waals surface area contributed by atoms with Gasteiger partial charge in [-0.05, 0) is 0 Å². The zero-order valence-corrected chi connectivity index (χ0v) is 9.03. The number of imidazole rings is 1. The number of hydrogen-bond donors (Lipinski definition) is 4. The summed E-state index contributed by atoms with van der Waals surface area (Å²) in [5.74, 6) is -0.989. The van der Waals surface area contributed by atoms with Crippen molar-refractivity contribution in [3.05, 3.63) is 17.7 Å². The van der Waals surface area contributed by atoms with Gasteiger partial charge in [0, 0.05) is 13.0 Å². The Balaban J connectivity index is 1.84. The number of fused-ring (bicyclic) bond motifs is 1. The molecule has 0 saturated heterocycles. The highest BCUT2D eigenvalue weighted by Crippen LogP contribution is 2.11. The molecule has 2 amide bonds. The number of nitrogens with two attached hydrogens (primary N) is 1. The number of hydroxylamine groups is 1. The van der Waals surface area contributed by atoms with Gasteiger partial charge in [-0.3, -0.25) is 19.7 Å². The Morgan fingerprint density at radius 2 is 2.47 bits per heavy atom. The summed E-state index contributed by atoms with van der Waals surface area (Å²) < 4.78 is 0. The van der Waals surface area contributed by atoms with Crippen molar-refractivity contribution in [2.24, 2.45) is 5.73 Å². The summed E-state index contributed by atoms with van der Waals surface area (Å²) in [6.45, 7) is 0.204. The van der Waals surface area contributed by atoms with Gasteiger partial charge < -0.3 is 10.7 Å². The van der Waals surface area contributed by atoms with Crippen molar-refractivity contribution in [1.82, 2.24) is 20.8 Å². The summed E-state index contributed by atoms with van der Waals surface area (Å²) in [6, 6.07) is -0.418.